The van der Waals surface area contributed by atoms with E-state index in [1.54, 1.807) is 13.0 Å². The standard InChI is InChI=1S/C16H19ClN4O4S2/c1-11-14(26-15(18-11)19-16(22)25-2)27(23,24)21-8-6-20(7-9-21)13-5-3-4-12(17)10-13/h3-5,10H,6-9H2,1-2H3,(H,18,19,22). The smallest absolute Gasteiger partial charge is 0.413 e. The Bertz CT molecular complexity index is 940. The van der Waals surface area contributed by atoms with Gasteiger partial charge < -0.3 is 9.64 Å². The third-order valence-electron chi connectivity index (χ3n) is 4.13. The summed E-state index contributed by atoms with van der Waals surface area (Å²) in [6.07, 6.45) is -0.692. The number of nitrogens with one attached hydrogen (secondary N) is 1. The van der Waals surface area contributed by atoms with Gasteiger partial charge in [-0.05, 0) is 25.1 Å². The summed E-state index contributed by atoms with van der Waals surface area (Å²) in [6, 6.07) is 7.49. The number of carbonyl (C=O) groups excluding carboxylic acids is 1. The Morgan fingerprint density at radius 3 is 2.63 bits per heavy atom. The summed E-state index contributed by atoms with van der Waals surface area (Å²) in [5, 5.41) is 3.24. The third-order valence-corrected chi connectivity index (χ3v) is 7.93. The Morgan fingerprint density at radius 1 is 1.30 bits per heavy atom. The predicted molar refractivity (Wildman–Crippen MR) is 105 cm³/mol. The molecule has 1 aliphatic heterocycles. The van der Waals surface area contributed by atoms with Gasteiger partial charge in [-0.25, -0.2) is 18.2 Å². The molecule has 1 aromatic heterocycles. The van der Waals surface area contributed by atoms with Crippen molar-refractivity contribution in [2.24, 2.45) is 0 Å². The summed E-state index contributed by atoms with van der Waals surface area (Å²) >= 11 is 6.95. The van der Waals surface area contributed by atoms with Crippen molar-refractivity contribution in [1.82, 2.24) is 9.29 Å². The molecule has 1 aliphatic rings. The molecule has 0 saturated carbocycles. The van der Waals surface area contributed by atoms with Crippen molar-refractivity contribution in [2.45, 2.75) is 11.1 Å². The SMILES string of the molecule is COC(=O)Nc1nc(C)c(S(=O)(=O)N2CCN(c3cccc(Cl)c3)CC2)s1. The number of rotatable bonds is 4. The molecule has 1 fully saturated rings. The molecule has 3 rings (SSSR count). The van der Waals surface area contributed by atoms with Crippen molar-refractivity contribution in [3.63, 3.8) is 0 Å². The summed E-state index contributed by atoms with van der Waals surface area (Å²) in [6.45, 7) is 3.43. The van der Waals surface area contributed by atoms with Gasteiger partial charge in [0.25, 0.3) is 10.0 Å². The zero-order chi connectivity index (χ0) is 19.6. The molecule has 1 N–H and O–H groups in total. The van der Waals surface area contributed by atoms with Gasteiger partial charge in [-0.2, -0.15) is 4.31 Å². The number of hydrogen-bond acceptors (Lipinski definition) is 7. The molecule has 27 heavy (non-hydrogen) atoms. The molecule has 0 radical (unpaired) electrons. The second-order valence-electron chi connectivity index (χ2n) is 5.88. The highest BCUT2D eigenvalue weighted by atomic mass is 35.5. The van der Waals surface area contributed by atoms with Crippen LogP contribution in [0.5, 0.6) is 0 Å². The molecule has 0 atom stereocenters. The summed E-state index contributed by atoms with van der Waals surface area (Å²) in [5.74, 6) is 0. The van der Waals surface area contributed by atoms with Gasteiger partial charge >= 0.3 is 6.09 Å². The van der Waals surface area contributed by atoms with E-state index in [0.717, 1.165) is 17.0 Å². The number of thiazole rings is 1. The summed E-state index contributed by atoms with van der Waals surface area (Å²) in [5.41, 5.74) is 1.32. The van der Waals surface area contributed by atoms with Crippen molar-refractivity contribution in [3.05, 3.63) is 35.0 Å². The fourth-order valence-electron chi connectivity index (χ4n) is 2.79. The van der Waals surface area contributed by atoms with Gasteiger partial charge in [0, 0.05) is 36.9 Å². The van der Waals surface area contributed by atoms with Crippen LogP contribution in [0.15, 0.2) is 28.5 Å². The Hall–Kier alpha value is -1.88. The van der Waals surface area contributed by atoms with E-state index < -0.39 is 16.1 Å². The average molecular weight is 431 g/mol. The minimum absolute atomic E-state index is 0.130. The number of amides is 1. The van der Waals surface area contributed by atoms with Crippen molar-refractivity contribution in [1.29, 1.82) is 0 Å². The maximum atomic E-state index is 13.0. The van der Waals surface area contributed by atoms with Crippen molar-refractivity contribution < 1.29 is 17.9 Å². The van der Waals surface area contributed by atoms with Crippen molar-refractivity contribution >= 4 is 49.9 Å². The van der Waals surface area contributed by atoms with Crippen LogP contribution in [-0.2, 0) is 14.8 Å². The highest BCUT2D eigenvalue weighted by Crippen LogP contribution is 2.31. The van der Waals surface area contributed by atoms with Crippen LogP contribution >= 0.6 is 22.9 Å². The number of halogens is 1. The highest BCUT2D eigenvalue weighted by molar-refractivity contribution is 7.91. The molecule has 11 heteroatoms. The number of benzene rings is 1. The fourth-order valence-corrected chi connectivity index (χ4v) is 5.93. The van der Waals surface area contributed by atoms with Gasteiger partial charge in [0.05, 0.1) is 12.8 Å². The van der Waals surface area contributed by atoms with Gasteiger partial charge in [0.15, 0.2) is 9.34 Å². The fraction of sp³-hybridized carbons (Fsp3) is 0.375. The maximum Gasteiger partial charge on any atom is 0.413 e. The number of nitrogens with zero attached hydrogens (tertiary/aromatic N) is 3. The van der Waals surface area contributed by atoms with E-state index in [9.17, 15) is 13.2 Å². The maximum absolute atomic E-state index is 13.0. The first kappa shape index (κ1) is 19.9. The average Bonchev–Trinajstić information content (AvgIpc) is 3.02. The zero-order valence-electron chi connectivity index (χ0n) is 14.8. The molecular formula is C16H19ClN4O4S2. The van der Waals surface area contributed by atoms with Crippen LogP contribution in [0.1, 0.15) is 5.69 Å². The molecule has 0 spiro atoms. The second kappa shape index (κ2) is 8.01. The number of methoxy groups -OCH3 is 1. The van der Waals surface area contributed by atoms with Gasteiger partial charge in [-0.1, -0.05) is 29.0 Å². The number of hydrogen-bond donors (Lipinski definition) is 1. The quantitative estimate of drug-likeness (QED) is 0.801. The topological polar surface area (TPSA) is 91.8 Å². The lowest BCUT2D eigenvalue weighted by atomic mass is 10.2. The lowest BCUT2D eigenvalue weighted by Gasteiger charge is -2.35. The number of aromatic nitrogens is 1. The highest BCUT2D eigenvalue weighted by Gasteiger charge is 2.32. The number of anilines is 2. The monoisotopic (exact) mass is 430 g/mol. The molecule has 1 saturated heterocycles. The van der Waals surface area contributed by atoms with Crippen LogP contribution in [0.4, 0.5) is 15.6 Å². The van der Waals surface area contributed by atoms with Crippen LogP contribution < -0.4 is 10.2 Å². The first-order valence-corrected chi connectivity index (χ1v) is 10.8. The van der Waals surface area contributed by atoms with Gasteiger partial charge in [-0.3, -0.25) is 5.32 Å². The molecule has 1 aromatic carbocycles. The van der Waals surface area contributed by atoms with Crippen LogP contribution in [0, 0.1) is 6.92 Å². The molecule has 0 aliphatic carbocycles. The van der Waals surface area contributed by atoms with Crippen LogP contribution in [0.2, 0.25) is 5.02 Å². The van der Waals surface area contributed by atoms with Crippen LogP contribution in [0.3, 0.4) is 0 Å². The predicted octanol–water partition coefficient (Wildman–Crippen LogP) is 2.79. The summed E-state index contributed by atoms with van der Waals surface area (Å²) in [4.78, 5) is 17.5. The number of piperazine rings is 1. The van der Waals surface area contributed by atoms with E-state index in [2.05, 4.69) is 19.9 Å². The van der Waals surface area contributed by atoms with Crippen molar-refractivity contribution in [3.8, 4) is 0 Å². The summed E-state index contributed by atoms with van der Waals surface area (Å²) in [7, 11) is -2.45. The lowest BCUT2D eigenvalue weighted by Crippen LogP contribution is -2.48. The van der Waals surface area contributed by atoms with E-state index in [0.29, 0.717) is 36.9 Å². The van der Waals surface area contributed by atoms with Gasteiger partial charge in [0.2, 0.25) is 0 Å². The normalized spacial score (nSPS) is 15.6. The molecular weight excluding hydrogens is 412 g/mol. The van der Waals surface area contributed by atoms with Crippen LogP contribution in [0.25, 0.3) is 0 Å². The minimum Gasteiger partial charge on any atom is -0.453 e. The summed E-state index contributed by atoms with van der Waals surface area (Å²) < 4.78 is 32.1. The first-order valence-electron chi connectivity index (χ1n) is 8.14. The Balaban J connectivity index is 1.72. The third kappa shape index (κ3) is 4.34. The number of sulfonamides is 1. The molecule has 2 aromatic rings. The molecule has 8 nitrogen and oxygen atoms in total. The Kier molecular flexibility index (Phi) is 5.89. The number of carbonyl (C=O) groups is 1. The molecule has 1 amide bonds. The van der Waals surface area contributed by atoms with Gasteiger partial charge in [-0.15, -0.1) is 0 Å². The molecule has 0 bridgehead atoms. The number of ether oxygens (including phenoxy) is 1. The van der Waals surface area contributed by atoms with E-state index >= 15 is 0 Å². The minimum atomic E-state index is -3.68. The molecule has 2 heterocycles. The Labute approximate surface area is 166 Å². The lowest BCUT2D eigenvalue weighted by molar-refractivity contribution is 0.187. The molecule has 0 unspecified atom stereocenters. The van der Waals surface area contributed by atoms with E-state index in [1.807, 2.05) is 18.2 Å². The molecule has 146 valence electrons. The number of aryl methyl sites for hydroxylation is 1. The van der Waals surface area contributed by atoms with E-state index in [4.69, 9.17) is 11.6 Å². The largest absolute Gasteiger partial charge is 0.453 e. The van der Waals surface area contributed by atoms with Gasteiger partial charge in [0.1, 0.15) is 0 Å². The van der Waals surface area contributed by atoms with E-state index in [-0.39, 0.29) is 9.34 Å². The zero-order valence-corrected chi connectivity index (χ0v) is 17.2. The first-order chi connectivity index (χ1) is 12.8. The van der Waals surface area contributed by atoms with E-state index in [1.165, 1.54) is 11.4 Å². The van der Waals surface area contributed by atoms with Crippen LogP contribution in [-0.4, -0.2) is 57.1 Å². The van der Waals surface area contributed by atoms with Crippen molar-refractivity contribution in [2.75, 3.05) is 43.5 Å². The second-order valence-corrected chi connectivity index (χ2v) is 9.45. The Morgan fingerprint density at radius 2 is 2.00 bits per heavy atom.